The maximum atomic E-state index is 13.2. The fourth-order valence-electron chi connectivity index (χ4n) is 3.78. The number of aromatic nitrogens is 3. The van der Waals surface area contributed by atoms with Gasteiger partial charge < -0.3 is 16.2 Å². The molecule has 8 heteroatoms. The van der Waals surface area contributed by atoms with E-state index in [1.807, 2.05) is 48.9 Å². The van der Waals surface area contributed by atoms with Crippen molar-refractivity contribution in [2.24, 2.45) is 5.73 Å². The maximum absolute atomic E-state index is 13.2. The molecule has 4 N–H and O–H groups in total. The molecule has 168 valence electrons. The van der Waals surface area contributed by atoms with Crippen molar-refractivity contribution in [3.05, 3.63) is 88.4 Å². The van der Waals surface area contributed by atoms with E-state index in [-0.39, 0.29) is 11.6 Å². The Bertz CT molecular complexity index is 1360. The minimum atomic E-state index is -0.698. The first-order valence-corrected chi connectivity index (χ1v) is 10.6. The zero-order valence-corrected chi connectivity index (χ0v) is 18.7. The summed E-state index contributed by atoms with van der Waals surface area (Å²) in [5.41, 5.74) is 10.2. The van der Waals surface area contributed by atoms with Gasteiger partial charge in [0.25, 0.3) is 11.8 Å². The number of nitrogens with one attached hydrogen (secondary N) is 1. The number of benzene rings is 2. The number of nitrogens with zero attached hydrogens (tertiary/aromatic N) is 3. The van der Waals surface area contributed by atoms with Crippen molar-refractivity contribution in [1.29, 1.82) is 0 Å². The molecule has 0 aliphatic heterocycles. The Hall–Kier alpha value is -4.04. The van der Waals surface area contributed by atoms with Crippen LogP contribution in [0.25, 0.3) is 10.9 Å². The van der Waals surface area contributed by atoms with Crippen LogP contribution in [0.2, 0.25) is 0 Å². The van der Waals surface area contributed by atoms with Crippen molar-refractivity contribution in [3.8, 4) is 0 Å². The molecule has 2 aromatic heterocycles. The van der Waals surface area contributed by atoms with Gasteiger partial charge >= 0.3 is 0 Å². The van der Waals surface area contributed by atoms with Crippen molar-refractivity contribution >= 4 is 28.4 Å². The van der Waals surface area contributed by atoms with Gasteiger partial charge in [-0.25, -0.2) is 4.98 Å². The van der Waals surface area contributed by atoms with Crippen LogP contribution in [-0.2, 0) is 6.54 Å². The molecular weight excluding hydrogens is 418 g/mol. The van der Waals surface area contributed by atoms with Crippen molar-refractivity contribution in [1.82, 2.24) is 14.8 Å². The van der Waals surface area contributed by atoms with E-state index >= 15 is 0 Å². The van der Waals surface area contributed by atoms with Crippen LogP contribution < -0.4 is 11.1 Å². The summed E-state index contributed by atoms with van der Waals surface area (Å²) in [6.07, 6.45) is -0.520. The monoisotopic (exact) mass is 443 g/mol. The van der Waals surface area contributed by atoms with E-state index in [4.69, 9.17) is 5.73 Å². The Morgan fingerprint density at radius 1 is 1.12 bits per heavy atom. The largest absolute Gasteiger partial charge is 0.389 e. The number of aliphatic hydroxyl groups is 1. The molecule has 33 heavy (non-hydrogen) atoms. The van der Waals surface area contributed by atoms with E-state index in [1.165, 1.54) is 6.07 Å². The quantitative estimate of drug-likeness (QED) is 0.421. The SMILES string of the molecule is Cc1nn(Cc2ccc(C(C)O)cc2)c(C)c1NC(=O)c1cc(C(N)=O)nc2ccccc12. The summed E-state index contributed by atoms with van der Waals surface area (Å²) >= 11 is 0. The Morgan fingerprint density at radius 2 is 1.82 bits per heavy atom. The third-order valence-corrected chi connectivity index (χ3v) is 5.63. The molecule has 8 nitrogen and oxygen atoms in total. The van der Waals surface area contributed by atoms with Gasteiger partial charge in [0.2, 0.25) is 0 Å². The fourth-order valence-corrected chi connectivity index (χ4v) is 3.78. The number of amides is 2. The highest BCUT2D eigenvalue weighted by atomic mass is 16.3. The molecule has 2 aromatic carbocycles. The van der Waals surface area contributed by atoms with Crippen LogP contribution in [0.3, 0.4) is 0 Å². The van der Waals surface area contributed by atoms with Crippen LogP contribution in [0.4, 0.5) is 5.69 Å². The molecule has 0 radical (unpaired) electrons. The van der Waals surface area contributed by atoms with Crippen molar-refractivity contribution in [3.63, 3.8) is 0 Å². The first kappa shape index (κ1) is 22.2. The lowest BCUT2D eigenvalue weighted by molar-refractivity contribution is 0.0996. The standard InChI is InChI=1S/C25H25N5O3/c1-14-23(15(2)30(29-14)13-17-8-10-18(11-9-17)16(3)31)28-25(33)20-12-22(24(26)32)27-21-7-5-4-6-19(20)21/h4-12,16,31H,13H2,1-3H3,(H2,26,32)(H,28,33). The molecule has 2 heterocycles. The molecule has 0 bridgehead atoms. The molecule has 0 aliphatic rings. The van der Waals surface area contributed by atoms with Gasteiger partial charge in [0.05, 0.1) is 40.8 Å². The average Bonchev–Trinajstić information content (AvgIpc) is 3.05. The van der Waals surface area contributed by atoms with E-state index in [0.29, 0.717) is 34.4 Å². The topological polar surface area (TPSA) is 123 Å². The lowest BCUT2D eigenvalue weighted by atomic mass is 10.1. The van der Waals surface area contributed by atoms with Crippen LogP contribution in [0, 0.1) is 13.8 Å². The Balaban J connectivity index is 1.63. The van der Waals surface area contributed by atoms with Gasteiger partial charge in [0.1, 0.15) is 5.69 Å². The highest BCUT2D eigenvalue weighted by Gasteiger charge is 2.19. The smallest absolute Gasteiger partial charge is 0.267 e. The molecule has 1 atom stereocenters. The number of carbonyl (C=O) groups is 2. The third-order valence-electron chi connectivity index (χ3n) is 5.63. The molecule has 0 fully saturated rings. The molecule has 0 aliphatic carbocycles. The van der Waals surface area contributed by atoms with Gasteiger partial charge in [-0.1, -0.05) is 42.5 Å². The van der Waals surface area contributed by atoms with Gasteiger partial charge in [-0.2, -0.15) is 5.10 Å². The molecular formula is C25H25N5O3. The summed E-state index contributed by atoms with van der Waals surface area (Å²) < 4.78 is 1.82. The number of carbonyl (C=O) groups excluding carboxylic acids is 2. The van der Waals surface area contributed by atoms with Crippen LogP contribution in [0.1, 0.15) is 56.4 Å². The first-order chi connectivity index (χ1) is 15.7. The second-order valence-corrected chi connectivity index (χ2v) is 8.01. The molecule has 2 amide bonds. The number of aliphatic hydroxyl groups excluding tert-OH is 1. The normalized spacial score (nSPS) is 12.0. The Morgan fingerprint density at radius 3 is 2.48 bits per heavy atom. The highest BCUT2D eigenvalue weighted by molar-refractivity contribution is 6.14. The minimum Gasteiger partial charge on any atom is -0.389 e. The summed E-state index contributed by atoms with van der Waals surface area (Å²) in [5, 5.41) is 17.9. The number of fused-ring (bicyclic) bond motifs is 1. The fraction of sp³-hybridized carbons (Fsp3) is 0.200. The predicted octanol–water partition coefficient (Wildman–Crippen LogP) is 3.50. The minimum absolute atomic E-state index is 0.0311. The second kappa shape index (κ2) is 8.84. The van der Waals surface area contributed by atoms with E-state index in [2.05, 4.69) is 15.4 Å². The van der Waals surface area contributed by atoms with Crippen molar-refractivity contribution in [2.45, 2.75) is 33.4 Å². The zero-order chi connectivity index (χ0) is 23.7. The third kappa shape index (κ3) is 4.47. The molecule has 0 saturated heterocycles. The summed E-state index contributed by atoms with van der Waals surface area (Å²) in [4.78, 5) is 29.2. The predicted molar refractivity (Wildman–Crippen MR) is 126 cm³/mol. The van der Waals surface area contributed by atoms with Crippen LogP contribution in [0.15, 0.2) is 54.6 Å². The highest BCUT2D eigenvalue weighted by Crippen LogP contribution is 2.24. The second-order valence-electron chi connectivity index (χ2n) is 8.01. The zero-order valence-electron chi connectivity index (χ0n) is 18.7. The summed E-state index contributed by atoms with van der Waals surface area (Å²) in [6.45, 7) is 5.96. The molecule has 0 spiro atoms. The van der Waals surface area contributed by atoms with E-state index in [0.717, 1.165) is 16.8 Å². The Labute approximate surface area is 191 Å². The number of rotatable bonds is 6. The van der Waals surface area contributed by atoms with Gasteiger partial charge in [0, 0.05) is 5.39 Å². The van der Waals surface area contributed by atoms with Gasteiger partial charge in [-0.3, -0.25) is 14.3 Å². The average molecular weight is 444 g/mol. The van der Waals surface area contributed by atoms with Crippen LogP contribution in [0.5, 0.6) is 0 Å². The first-order valence-electron chi connectivity index (χ1n) is 10.6. The lowest BCUT2D eigenvalue weighted by Crippen LogP contribution is -2.18. The van der Waals surface area contributed by atoms with E-state index in [1.54, 1.807) is 25.1 Å². The van der Waals surface area contributed by atoms with E-state index in [9.17, 15) is 14.7 Å². The number of anilines is 1. The van der Waals surface area contributed by atoms with Gasteiger partial charge in [-0.15, -0.1) is 0 Å². The van der Waals surface area contributed by atoms with Gasteiger partial charge in [0.15, 0.2) is 0 Å². The number of hydrogen-bond donors (Lipinski definition) is 3. The molecule has 4 aromatic rings. The van der Waals surface area contributed by atoms with Crippen molar-refractivity contribution in [2.75, 3.05) is 5.32 Å². The van der Waals surface area contributed by atoms with E-state index < -0.39 is 12.0 Å². The van der Waals surface area contributed by atoms with Gasteiger partial charge in [-0.05, 0) is 44.0 Å². The summed E-state index contributed by atoms with van der Waals surface area (Å²) in [5.74, 6) is -1.07. The van der Waals surface area contributed by atoms with Crippen molar-refractivity contribution < 1.29 is 14.7 Å². The van der Waals surface area contributed by atoms with Crippen LogP contribution >= 0.6 is 0 Å². The number of hydrogen-bond acceptors (Lipinski definition) is 5. The molecule has 0 saturated carbocycles. The summed E-state index contributed by atoms with van der Waals surface area (Å²) in [6, 6.07) is 16.2. The van der Waals surface area contributed by atoms with Crippen LogP contribution in [-0.4, -0.2) is 31.7 Å². The maximum Gasteiger partial charge on any atom is 0.267 e. The number of aryl methyl sites for hydroxylation is 1. The molecule has 1 unspecified atom stereocenters. The summed E-state index contributed by atoms with van der Waals surface area (Å²) in [7, 11) is 0. The number of primary amides is 1. The molecule has 4 rings (SSSR count). The Kier molecular flexibility index (Phi) is 5.93. The lowest BCUT2D eigenvalue weighted by Gasteiger charge is -2.11. The number of nitrogens with two attached hydrogens (primary N) is 1. The number of para-hydroxylation sites is 1. The number of pyridine rings is 1.